The average Bonchev–Trinajstić information content (AvgIpc) is 2.96. The van der Waals surface area contributed by atoms with Gasteiger partial charge in [-0.05, 0) is 68.7 Å². The number of dihydropyridines is 1. The monoisotopic (exact) mass is 531 g/mol. The number of allylic oxidation sites excluding steroid dienone is 3. The predicted molar refractivity (Wildman–Crippen MR) is 148 cm³/mol. The smallest absolute Gasteiger partial charge is 0.337 e. The molecule has 0 saturated heterocycles. The van der Waals surface area contributed by atoms with Crippen molar-refractivity contribution in [1.82, 2.24) is 5.32 Å². The van der Waals surface area contributed by atoms with E-state index in [0.717, 1.165) is 48.3 Å². The van der Waals surface area contributed by atoms with E-state index < -0.39 is 5.92 Å². The van der Waals surface area contributed by atoms with Gasteiger partial charge in [-0.2, -0.15) is 0 Å². The number of hydrogen-bond donors (Lipinski definition) is 1. The van der Waals surface area contributed by atoms with Gasteiger partial charge >= 0.3 is 5.97 Å². The second-order valence-corrected chi connectivity index (χ2v) is 10.6. The van der Waals surface area contributed by atoms with Gasteiger partial charge in [0.15, 0.2) is 5.78 Å². The zero-order valence-corrected chi connectivity index (χ0v) is 23.2. The van der Waals surface area contributed by atoms with E-state index in [2.05, 4.69) is 5.32 Å². The van der Waals surface area contributed by atoms with Crippen molar-refractivity contribution in [3.8, 4) is 17.2 Å². The predicted octanol–water partition coefficient (Wildman–Crippen LogP) is 5.95. The first kappa shape index (κ1) is 26.9. The molecule has 0 amide bonds. The summed E-state index contributed by atoms with van der Waals surface area (Å²) in [6, 6.07) is 13.4. The van der Waals surface area contributed by atoms with Gasteiger partial charge in [0.2, 0.25) is 0 Å². The van der Waals surface area contributed by atoms with E-state index in [1.54, 1.807) is 27.4 Å². The molecule has 0 spiro atoms. The topological polar surface area (TPSA) is 83.1 Å². The molecule has 0 bridgehead atoms. The molecular weight excluding hydrogens is 494 g/mol. The second kappa shape index (κ2) is 11.6. The average molecular weight is 532 g/mol. The summed E-state index contributed by atoms with van der Waals surface area (Å²) in [5.74, 6) is 1.06. The van der Waals surface area contributed by atoms with Crippen molar-refractivity contribution in [2.45, 2.75) is 69.8 Å². The fourth-order valence-electron chi connectivity index (χ4n) is 6.19. The molecule has 206 valence electrons. The van der Waals surface area contributed by atoms with Crippen LogP contribution in [0.3, 0.4) is 0 Å². The maximum atomic E-state index is 13.9. The summed E-state index contributed by atoms with van der Waals surface area (Å²) in [5.41, 5.74) is 4.48. The van der Waals surface area contributed by atoms with Gasteiger partial charge in [-0.1, -0.05) is 24.6 Å². The lowest BCUT2D eigenvalue weighted by atomic mass is 9.71. The number of methoxy groups -OCH3 is 3. The lowest BCUT2D eigenvalue weighted by Gasteiger charge is -2.37. The van der Waals surface area contributed by atoms with E-state index >= 15 is 0 Å². The van der Waals surface area contributed by atoms with Crippen LogP contribution in [0.15, 0.2) is 65.0 Å². The summed E-state index contributed by atoms with van der Waals surface area (Å²) in [5, 5.41) is 3.45. The van der Waals surface area contributed by atoms with Crippen LogP contribution in [0.1, 0.15) is 74.8 Å². The Balaban J connectivity index is 1.56. The van der Waals surface area contributed by atoms with Crippen LogP contribution in [0.5, 0.6) is 17.2 Å². The number of nitrogens with one attached hydrogen (secondary N) is 1. The van der Waals surface area contributed by atoms with Gasteiger partial charge in [0, 0.05) is 35.0 Å². The van der Waals surface area contributed by atoms with Gasteiger partial charge in [0.05, 0.1) is 32.8 Å². The molecule has 0 unspecified atom stereocenters. The number of benzene rings is 2. The maximum Gasteiger partial charge on any atom is 0.337 e. The fraction of sp³-hybridized carbons (Fsp3) is 0.438. The zero-order chi connectivity index (χ0) is 27.5. The minimum atomic E-state index is -0.595. The highest BCUT2D eigenvalue weighted by atomic mass is 16.5. The van der Waals surface area contributed by atoms with Crippen LogP contribution in [-0.2, 0) is 14.3 Å². The normalized spacial score (nSPS) is 21.7. The zero-order valence-electron chi connectivity index (χ0n) is 23.2. The fourth-order valence-corrected chi connectivity index (χ4v) is 6.19. The molecule has 2 aliphatic carbocycles. The summed E-state index contributed by atoms with van der Waals surface area (Å²) >= 11 is 0. The molecule has 0 radical (unpaired) electrons. The van der Waals surface area contributed by atoms with Gasteiger partial charge in [-0.15, -0.1) is 0 Å². The third kappa shape index (κ3) is 5.40. The Morgan fingerprint density at radius 1 is 0.872 bits per heavy atom. The molecule has 1 N–H and O–H groups in total. The van der Waals surface area contributed by atoms with Crippen molar-refractivity contribution in [3.63, 3.8) is 0 Å². The van der Waals surface area contributed by atoms with E-state index in [0.29, 0.717) is 41.2 Å². The lowest BCUT2D eigenvalue weighted by Crippen LogP contribution is -2.37. The standard InChI is InChI=1S/C32H37NO6/c1-19-29(32(35)39-23-8-6-5-7-9-23)30(25-15-14-24(37-3)18-28(25)38-4)31-26(33-19)16-21(17-27(31)34)20-10-12-22(36-2)13-11-20/h10-15,18,21,23,30,33H,5-9,16-17H2,1-4H3/t21-,30-/m1/s1. The van der Waals surface area contributed by atoms with Gasteiger partial charge in [-0.3, -0.25) is 4.79 Å². The minimum Gasteiger partial charge on any atom is -0.497 e. The van der Waals surface area contributed by atoms with Crippen LogP contribution in [0.2, 0.25) is 0 Å². The minimum absolute atomic E-state index is 0.0166. The molecule has 1 saturated carbocycles. The van der Waals surface area contributed by atoms with Gasteiger partial charge in [0.25, 0.3) is 0 Å². The number of esters is 1. The molecular formula is C32H37NO6. The molecule has 1 aliphatic heterocycles. The van der Waals surface area contributed by atoms with Crippen molar-refractivity contribution >= 4 is 11.8 Å². The van der Waals surface area contributed by atoms with E-state index in [1.165, 1.54) is 6.42 Å². The number of carbonyl (C=O) groups excluding carboxylic acids is 2. The Hall–Kier alpha value is -3.74. The van der Waals surface area contributed by atoms with E-state index in [9.17, 15) is 9.59 Å². The number of ketones is 1. The third-order valence-corrected chi connectivity index (χ3v) is 8.21. The van der Waals surface area contributed by atoms with Crippen LogP contribution < -0.4 is 19.5 Å². The highest BCUT2D eigenvalue weighted by molar-refractivity contribution is 6.04. The van der Waals surface area contributed by atoms with Crippen molar-refractivity contribution < 1.29 is 28.5 Å². The Bertz CT molecular complexity index is 1300. The Morgan fingerprint density at radius 3 is 2.23 bits per heavy atom. The van der Waals surface area contributed by atoms with Crippen LogP contribution in [0, 0.1) is 0 Å². The molecule has 39 heavy (non-hydrogen) atoms. The molecule has 2 aromatic carbocycles. The van der Waals surface area contributed by atoms with Crippen LogP contribution in [0.25, 0.3) is 0 Å². The maximum absolute atomic E-state index is 13.9. The quantitative estimate of drug-likeness (QED) is 0.442. The van der Waals surface area contributed by atoms with Gasteiger partial charge in [-0.25, -0.2) is 4.79 Å². The SMILES string of the molecule is COc1ccc([C@H]2CC(=O)C3=C(C2)NC(C)=C(C(=O)OC2CCCCC2)[C@H]3c2ccc(OC)cc2OC)cc1. The van der Waals surface area contributed by atoms with Crippen molar-refractivity contribution in [3.05, 3.63) is 76.1 Å². The van der Waals surface area contributed by atoms with E-state index in [1.807, 2.05) is 43.3 Å². The van der Waals surface area contributed by atoms with E-state index in [4.69, 9.17) is 18.9 Å². The number of Topliss-reactive ketones (excluding diaryl/α,β-unsaturated/α-hetero) is 1. The summed E-state index contributed by atoms with van der Waals surface area (Å²) in [6.45, 7) is 1.89. The largest absolute Gasteiger partial charge is 0.497 e. The highest BCUT2D eigenvalue weighted by Gasteiger charge is 2.43. The molecule has 7 nitrogen and oxygen atoms in total. The second-order valence-electron chi connectivity index (χ2n) is 10.6. The molecule has 2 atom stereocenters. The summed E-state index contributed by atoms with van der Waals surface area (Å²) in [6.07, 6.45) is 5.95. The Labute approximate surface area is 230 Å². The van der Waals surface area contributed by atoms with Crippen LogP contribution in [-0.4, -0.2) is 39.2 Å². The van der Waals surface area contributed by atoms with Crippen molar-refractivity contribution in [1.29, 1.82) is 0 Å². The number of hydrogen-bond acceptors (Lipinski definition) is 7. The Kier molecular flexibility index (Phi) is 7.96. The van der Waals surface area contributed by atoms with Gasteiger partial charge in [0.1, 0.15) is 23.4 Å². The van der Waals surface area contributed by atoms with Crippen LogP contribution in [0.4, 0.5) is 0 Å². The third-order valence-electron chi connectivity index (χ3n) is 8.21. The van der Waals surface area contributed by atoms with Crippen LogP contribution >= 0.6 is 0 Å². The molecule has 0 aromatic heterocycles. The molecule has 7 heteroatoms. The first-order valence-corrected chi connectivity index (χ1v) is 13.7. The lowest BCUT2D eigenvalue weighted by molar-refractivity contribution is -0.146. The molecule has 2 aromatic rings. The molecule has 1 heterocycles. The summed E-state index contributed by atoms with van der Waals surface area (Å²) < 4.78 is 22.5. The molecule has 1 fully saturated rings. The van der Waals surface area contributed by atoms with Crippen molar-refractivity contribution in [2.75, 3.05) is 21.3 Å². The summed E-state index contributed by atoms with van der Waals surface area (Å²) in [4.78, 5) is 27.7. The van der Waals surface area contributed by atoms with E-state index in [-0.39, 0.29) is 23.8 Å². The highest BCUT2D eigenvalue weighted by Crippen LogP contribution is 2.48. The molecule has 5 rings (SSSR count). The molecule has 3 aliphatic rings. The first-order valence-electron chi connectivity index (χ1n) is 13.7. The Morgan fingerprint density at radius 2 is 1.56 bits per heavy atom. The van der Waals surface area contributed by atoms with Crippen molar-refractivity contribution in [2.24, 2.45) is 0 Å². The number of ether oxygens (including phenoxy) is 4. The first-order chi connectivity index (χ1) is 18.9. The van der Waals surface area contributed by atoms with Gasteiger partial charge < -0.3 is 24.3 Å². The summed E-state index contributed by atoms with van der Waals surface area (Å²) in [7, 11) is 4.83. The number of rotatable bonds is 7. The number of carbonyl (C=O) groups is 2.